The van der Waals surface area contributed by atoms with Crippen molar-refractivity contribution in [3.05, 3.63) is 88.4 Å². The maximum Gasteiger partial charge on any atom is 0.162 e. The minimum Gasteiger partial charge on any atom is -0.489 e. The highest BCUT2D eigenvalue weighted by atomic mass is 35.5. The molecule has 0 radical (unpaired) electrons. The lowest BCUT2D eigenvalue weighted by molar-refractivity contribution is 0.0909. The minimum atomic E-state index is -0.204. The Morgan fingerprint density at radius 3 is 2.41 bits per heavy atom. The second-order valence-corrected chi connectivity index (χ2v) is 6.66. The zero-order valence-corrected chi connectivity index (χ0v) is 17.3. The van der Waals surface area contributed by atoms with Gasteiger partial charge in [0.25, 0.3) is 0 Å². The number of carbonyl (C=O) groups is 1. The van der Waals surface area contributed by atoms with Gasteiger partial charge in [0, 0.05) is 17.0 Å². The molecule has 0 spiro atoms. The Labute approximate surface area is 179 Å². The van der Waals surface area contributed by atoms with E-state index in [1.54, 1.807) is 18.2 Å². The monoisotopic (exact) mass is 430 g/mol. The molecule has 150 valence electrons. The zero-order valence-electron chi connectivity index (χ0n) is 15.8. The summed E-state index contributed by atoms with van der Waals surface area (Å²) in [5.74, 6) is 2.01. The van der Waals surface area contributed by atoms with E-state index in [1.165, 1.54) is 6.38 Å². The molecule has 1 aliphatic rings. The highest BCUT2D eigenvalue weighted by Gasteiger charge is 2.22. The Balaban J connectivity index is 0.00000117. The first-order valence-electron chi connectivity index (χ1n) is 8.95. The molecule has 1 heterocycles. The molecule has 6 heteroatoms. The van der Waals surface area contributed by atoms with Gasteiger partial charge in [0.15, 0.2) is 17.6 Å². The highest BCUT2D eigenvalue weighted by molar-refractivity contribution is 6.30. The van der Waals surface area contributed by atoms with E-state index in [1.807, 2.05) is 48.5 Å². The quantitative estimate of drug-likeness (QED) is 0.362. The summed E-state index contributed by atoms with van der Waals surface area (Å²) in [6.45, 7) is 0.867. The van der Waals surface area contributed by atoms with Gasteiger partial charge in [-0.3, -0.25) is 4.79 Å². The van der Waals surface area contributed by atoms with Crippen molar-refractivity contribution in [1.82, 2.24) is 0 Å². The second kappa shape index (κ2) is 10.2. The summed E-state index contributed by atoms with van der Waals surface area (Å²) in [6, 6.07) is 20.5. The van der Waals surface area contributed by atoms with E-state index in [9.17, 15) is 4.79 Å². The lowest BCUT2D eigenvalue weighted by atomic mass is 10.1. The van der Waals surface area contributed by atoms with Crippen LogP contribution in [0, 0.1) is 0 Å². The molecule has 0 aliphatic carbocycles. The summed E-state index contributed by atoms with van der Waals surface area (Å²) in [7, 11) is 0. The number of benzene rings is 3. The molecule has 4 rings (SSSR count). The molecule has 1 aliphatic heterocycles. The number of hydrogen-bond acceptors (Lipinski definition) is 4. The van der Waals surface area contributed by atoms with Crippen LogP contribution in [0.5, 0.6) is 17.2 Å². The third-order valence-corrected chi connectivity index (χ3v) is 4.59. The molecule has 4 nitrogen and oxygen atoms in total. The minimum absolute atomic E-state index is 0.204. The van der Waals surface area contributed by atoms with Gasteiger partial charge in [-0.25, -0.2) is 0 Å². The Morgan fingerprint density at radius 2 is 1.72 bits per heavy atom. The summed E-state index contributed by atoms with van der Waals surface area (Å²) >= 11 is 10.5. The van der Waals surface area contributed by atoms with E-state index < -0.39 is 0 Å². The van der Waals surface area contributed by atoms with E-state index in [-0.39, 0.29) is 6.10 Å². The molecule has 0 N–H and O–H groups in total. The van der Waals surface area contributed by atoms with Gasteiger partial charge in [0.05, 0.1) is 0 Å². The van der Waals surface area contributed by atoms with Crippen LogP contribution in [0.3, 0.4) is 0 Å². The van der Waals surface area contributed by atoms with Crippen LogP contribution >= 0.6 is 23.2 Å². The van der Waals surface area contributed by atoms with E-state index in [4.69, 9.17) is 25.8 Å². The molecule has 0 saturated heterocycles. The Hall–Kier alpha value is -2.69. The summed E-state index contributed by atoms with van der Waals surface area (Å²) in [6.07, 6.45) is 2.06. The van der Waals surface area contributed by atoms with E-state index in [2.05, 4.69) is 11.6 Å². The normalized spacial score (nSPS) is 14.4. The number of fused-ring (bicyclic) bond motifs is 1. The van der Waals surface area contributed by atoms with Crippen LogP contribution < -0.4 is 14.2 Å². The summed E-state index contributed by atoms with van der Waals surface area (Å²) in [4.78, 5) is 10.9. The van der Waals surface area contributed by atoms with Crippen molar-refractivity contribution in [2.24, 2.45) is 0 Å². The maximum atomic E-state index is 10.9. The van der Waals surface area contributed by atoms with Gasteiger partial charge in [0.1, 0.15) is 25.2 Å². The van der Waals surface area contributed by atoms with Crippen molar-refractivity contribution >= 4 is 29.5 Å². The lowest BCUT2D eigenvalue weighted by Gasteiger charge is -2.27. The predicted molar refractivity (Wildman–Crippen MR) is 115 cm³/mol. The van der Waals surface area contributed by atoms with Gasteiger partial charge in [-0.2, -0.15) is 0 Å². The van der Waals surface area contributed by atoms with Crippen molar-refractivity contribution in [2.75, 3.05) is 13.0 Å². The van der Waals surface area contributed by atoms with E-state index in [0.717, 1.165) is 23.2 Å². The molecule has 0 saturated carbocycles. The lowest BCUT2D eigenvalue weighted by Crippen LogP contribution is -2.21. The van der Waals surface area contributed by atoms with Crippen molar-refractivity contribution in [3.63, 3.8) is 0 Å². The number of carbonyl (C=O) groups excluding carboxylic acids is 1. The first kappa shape index (κ1) is 21.0. The van der Waals surface area contributed by atoms with Crippen molar-refractivity contribution in [3.8, 4) is 17.2 Å². The number of rotatable bonds is 5. The largest absolute Gasteiger partial charge is 0.489 e. The van der Waals surface area contributed by atoms with Crippen LogP contribution in [0.15, 0.2) is 66.7 Å². The molecule has 29 heavy (non-hydrogen) atoms. The number of alkyl halides is 1. The van der Waals surface area contributed by atoms with Crippen LogP contribution in [0.1, 0.15) is 27.6 Å². The van der Waals surface area contributed by atoms with Crippen LogP contribution in [0.4, 0.5) is 0 Å². The summed E-state index contributed by atoms with van der Waals surface area (Å²) < 4.78 is 17.6. The Kier molecular flexibility index (Phi) is 7.39. The third-order valence-electron chi connectivity index (χ3n) is 4.33. The van der Waals surface area contributed by atoms with Crippen LogP contribution in [0.2, 0.25) is 5.02 Å². The van der Waals surface area contributed by atoms with Gasteiger partial charge in [-0.1, -0.05) is 35.9 Å². The predicted octanol–water partition coefficient (Wildman–Crippen LogP) is 6.10. The molecular formula is C23H20Cl2O4. The molecule has 0 bridgehead atoms. The van der Waals surface area contributed by atoms with E-state index in [0.29, 0.717) is 35.3 Å². The topological polar surface area (TPSA) is 44.8 Å². The van der Waals surface area contributed by atoms with Gasteiger partial charge < -0.3 is 14.2 Å². The molecule has 1 unspecified atom stereocenters. The fourth-order valence-corrected chi connectivity index (χ4v) is 2.98. The van der Waals surface area contributed by atoms with E-state index >= 15 is 0 Å². The summed E-state index contributed by atoms with van der Waals surface area (Å²) in [5, 5.41) is 0.710. The van der Waals surface area contributed by atoms with Crippen molar-refractivity contribution < 1.29 is 19.0 Å². The molecule has 1 atom stereocenters. The van der Waals surface area contributed by atoms with Crippen LogP contribution in [-0.2, 0) is 6.61 Å². The van der Waals surface area contributed by atoms with Gasteiger partial charge in [-0.15, -0.1) is 11.6 Å². The highest BCUT2D eigenvalue weighted by Crippen LogP contribution is 2.37. The van der Waals surface area contributed by atoms with Gasteiger partial charge in [-0.05, 0) is 53.6 Å². The van der Waals surface area contributed by atoms with Gasteiger partial charge >= 0.3 is 0 Å². The first-order chi connectivity index (χ1) is 14.2. The number of aldehydes is 1. The number of hydrogen-bond donors (Lipinski definition) is 0. The number of halogens is 2. The average molecular weight is 431 g/mol. The smallest absolute Gasteiger partial charge is 0.162 e. The van der Waals surface area contributed by atoms with Crippen LogP contribution in [0.25, 0.3) is 0 Å². The van der Waals surface area contributed by atoms with Crippen molar-refractivity contribution in [1.29, 1.82) is 0 Å². The van der Waals surface area contributed by atoms with Crippen molar-refractivity contribution in [2.45, 2.75) is 12.7 Å². The van der Waals surface area contributed by atoms with Gasteiger partial charge in [0.2, 0.25) is 0 Å². The Morgan fingerprint density at radius 1 is 1.00 bits per heavy atom. The molecule has 3 aromatic rings. The van der Waals surface area contributed by atoms with Crippen LogP contribution in [-0.4, -0.2) is 19.3 Å². The first-order valence-corrected chi connectivity index (χ1v) is 10.1. The third kappa shape index (κ3) is 5.43. The Bertz CT molecular complexity index is 940. The standard InChI is InChI=1S/C22H17ClO4.CH3Cl/c23-18-6-1-15(2-7-18)13-25-19-8-4-17(5-9-19)22-14-26-21-11-16(12-24)3-10-20(21)27-22;1-2/h1-12,22H,13-14H2;1H3. The average Bonchev–Trinajstić information content (AvgIpc) is 2.79. The molecule has 0 aromatic heterocycles. The molecule has 0 fully saturated rings. The fraction of sp³-hybridized carbons (Fsp3) is 0.174. The second-order valence-electron chi connectivity index (χ2n) is 6.23. The molecule has 0 amide bonds. The SMILES string of the molecule is CCl.O=Cc1ccc2c(c1)OCC(c1ccc(OCc3ccc(Cl)cc3)cc1)O2. The zero-order chi connectivity index (χ0) is 20.6. The maximum absolute atomic E-state index is 10.9. The molecule has 3 aromatic carbocycles. The summed E-state index contributed by atoms with van der Waals surface area (Å²) in [5.41, 5.74) is 2.62. The fourth-order valence-electron chi connectivity index (χ4n) is 2.85. The number of ether oxygens (including phenoxy) is 3. The molecular weight excluding hydrogens is 411 g/mol.